The number of esters is 1. The second kappa shape index (κ2) is 10.3. The third kappa shape index (κ3) is 4.82. The predicted octanol–water partition coefficient (Wildman–Crippen LogP) is 4.95. The fourth-order valence-electron chi connectivity index (χ4n) is 4.64. The molecule has 0 spiro atoms. The standard InChI is InChI=1S/C27H30ClN3O3/c1-4-34-27(33)25-19(2)24(20(3)31(25)18-21-9-6-5-7-10-21)26(32)30-15-13-29(14-16-30)23-12-8-11-22(28)17-23/h5-12,17H,4,13-16,18H2,1-3H3. The van der Waals surface area contributed by atoms with Gasteiger partial charge in [-0.3, -0.25) is 4.79 Å². The zero-order valence-corrected chi connectivity index (χ0v) is 20.6. The summed E-state index contributed by atoms with van der Waals surface area (Å²) in [5.74, 6) is -0.443. The van der Waals surface area contributed by atoms with Gasteiger partial charge in [-0.05, 0) is 50.1 Å². The average Bonchev–Trinajstić information content (AvgIpc) is 3.08. The molecule has 0 aliphatic carbocycles. The largest absolute Gasteiger partial charge is 0.461 e. The molecule has 0 unspecified atom stereocenters. The van der Waals surface area contributed by atoms with Crippen molar-refractivity contribution in [1.82, 2.24) is 9.47 Å². The number of nitrogens with zero attached hydrogens (tertiary/aromatic N) is 3. The Balaban J connectivity index is 1.60. The highest BCUT2D eigenvalue weighted by Gasteiger charge is 2.31. The molecule has 6 nitrogen and oxygen atoms in total. The van der Waals surface area contributed by atoms with Crippen LogP contribution in [0, 0.1) is 13.8 Å². The van der Waals surface area contributed by atoms with E-state index in [2.05, 4.69) is 4.90 Å². The second-order valence-corrected chi connectivity index (χ2v) is 8.92. The first-order valence-corrected chi connectivity index (χ1v) is 12.0. The van der Waals surface area contributed by atoms with Crippen molar-refractivity contribution in [3.8, 4) is 0 Å². The first-order chi connectivity index (χ1) is 16.4. The Morgan fingerprint density at radius 2 is 1.68 bits per heavy atom. The maximum absolute atomic E-state index is 13.7. The summed E-state index contributed by atoms with van der Waals surface area (Å²) in [5.41, 5.74) is 4.62. The predicted molar refractivity (Wildman–Crippen MR) is 135 cm³/mol. The van der Waals surface area contributed by atoms with Gasteiger partial charge in [-0.15, -0.1) is 0 Å². The van der Waals surface area contributed by atoms with Crippen LogP contribution in [0.4, 0.5) is 5.69 Å². The molecule has 2 aromatic carbocycles. The molecule has 0 atom stereocenters. The number of amides is 1. The van der Waals surface area contributed by atoms with E-state index in [1.165, 1.54) is 0 Å². The Morgan fingerprint density at radius 3 is 2.32 bits per heavy atom. The molecule has 1 aliphatic heterocycles. The molecule has 0 saturated carbocycles. The van der Waals surface area contributed by atoms with Crippen LogP contribution in [0.25, 0.3) is 0 Å². The number of aromatic nitrogens is 1. The number of piperazine rings is 1. The lowest BCUT2D eigenvalue weighted by atomic mass is 10.1. The minimum atomic E-state index is -0.399. The van der Waals surface area contributed by atoms with Gasteiger partial charge in [0.05, 0.1) is 12.2 Å². The van der Waals surface area contributed by atoms with Gasteiger partial charge >= 0.3 is 5.97 Å². The molecule has 1 saturated heterocycles. The molecule has 178 valence electrons. The van der Waals surface area contributed by atoms with Gasteiger partial charge in [0.1, 0.15) is 5.69 Å². The third-order valence-electron chi connectivity index (χ3n) is 6.37. The van der Waals surface area contributed by atoms with Gasteiger partial charge in [-0.2, -0.15) is 0 Å². The molecule has 1 aromatic heterocycles. The van der Waals surface area contributed by atoms with Gasteiger partial charge in [-0.25, -0.2) is 4.79 Å². The van der Waals surface area contributed by atoms with Crippen molar-refractivity contribution in [3.05, 3.63) is 87.7 Å². The van der Waals surface area contributed by atoms with Crippen molar-refractivity contribution in [3.63, 3.8) is 0 Å². The zero-order valence-electron chi connectivity index (χ0n) is 19.9. The van der Waals surface area contributed by atoms with E-state index in [0.29, 0.717) is 41.5 Å². The van der Waals surface area contributed by atoms with E-state index >= 15 is 0 Å². The van der Waals surface area contributed by atoms with Gasteiger partial charge in [-0.1, -0.05) is 48.0 Å². The van der Waals surface area contributed by atoms with E-state index < -0.39 is 5.97 Å². The molecular weight excluding hydrogens is 450 g/mol. The summed E-state index contributed by atoms with van der Waals surface area (Å²) in [6, 6.07) is 17.7. The van der Waals surface area contributed by atoms with Crippen LogP contribution in [-0.4, -0.2) is 54.1 Å². The summed E-state index contributed by atoms with van der Waals surface area (Å²) >= 11 is 6.15. The molecular formula is C27H30ClN3O3. The Labute approximate surface area is 205 Å². The summed E-state index contributed by atoms with van der Waals surface area (Å²) in [6.07, 6.45) is 0. The minimum Gasteiger partial charge on any atom is -0.461 e. The summed E-state index contributed by atoms with van der Waals surface area (Å²) in [7, 11) is 0. The Morgan fingerprint density at radius 1 is 0.971 bits per heavy atom. The van der Waals surface area contributed by atoms with Crippen molar-refractivity contribution < 1.29 is 14.3 Å². The van der Waals surface area contributed by atoms with Crippen molar-refractivity contribution >= 4 is 29.2 Å². The van der Waals surface area contributed by atoms with E-state index in [9.17, 15) is 9.59 Å². The number of halogens is 1. The van der Waals surface area contributed by atoms with Gasteiger partial charge in [0.25, 0.3) is 5.91 Å². The number of anilines is 1. The number of hydrogen-bond acceptors (Lipinski definition) is 4. The minimum absolute atomic E-state index is 0.0434. The van der Waals surface area contributed by atoms with Crippen LogP contribution in [0.3, 0.4) is 0 Å². The number of carbonyl (C=O) groups excluding carboxylic acids is 2. The maximum atomic E-state index is 13.7. The topological polar surface area (TPSA) is 54.8 Å². The molecule has 4 rings (SSSR count). The molecule has 2 heterocycles. The lowest BCUT2D eigenvalue weighted by Crippen LogP contribution is -2.49. The number of benzene rings is 2. The molecule has 34 heavy (non-hydrogen) atoms. The monoisotopic (exact) mass is 479 g/mol. The van der Waals surface area contributed by atoms with Crippen molar-refractivity contribution in [2.24, 2.45) is 0 Å². The van der Waals surface area contributed by atoms with E-state index in [-0.39, 0.29) is 12.5 Å². The number of carbonyl (C=O) groups is 2. The van der Waals surface area contributed by atoms with Crippen LogP contribution < -0.4 is 4.90 Å². The molecule has 3 aromatic rings. The highest BCUT2D eigenvalue weighted by molar-refractivity contribution is 6.30. The van der Waals surface area contributed by atoms with Gasteiger partial charge < -0.3 is 19.1 Å². The van der Waals surface area contributed by atoms with Gasteiger partial charge in [0.2, 0.25) is 0 Å². The number of ether oxygens (including phenoxy) is 1. The summed E-state index contributed by atoms with van der Waals surface area (Å²) in [6.45, 7) is 8.96. The molecule has 0 N–H and O–H groups in total. The molecule has 0 radical (unpaired) electrons. The SMILES string of the molecule is CCOC(=O)c1c(C)c(C(=O)N2CCN(c3cccc(Cl)c3)CC2)c(C)n1Cc1ccccc1. The highest BCUT2D eigenvalue weighted by Crippen LogP contribution is 2.27. The fraction of sp³-hybridized carbons (Fsp3) is 0.333. The summed E-state index contributed by atoms with van der Waals surface area (Å²) in [5, 5.41) is 0.702. The molecule has 1 fully saturated rings. The van der Waals surface area contributed by atoms with Crippen molar-refractivity contribution in [2.75, 3.05) is 37.7 Å². The molecule has 7 heteroatoms. The third-order valence-corrected chi connectivity index (χ3v) is 6.61. The average molecular weight is 480 g/mol. The lowest BCUT2D eigenvalue weighted by molar-refractivity contribution is 0.0513. The zero-order chi connectivity index (χ0) is 24.2. The van der Waals surface area contributed by atoms with E-state index in [1.54, 1.807) is 6.92 Å². The molecule has 1 amide bonds. The molecule has 0 bridgehead atoms. The van der Waals surface area contributed by atoms with Gasteiger partial charge in [0.15, 0.2) is 0 Å². The van der Waals surface area contributed by atoms with E-state index in [1.807, 2.05) is 77.9 Å². The van der Waals surface area contributed by atoms with Gasteiger partial charge in [0, 0.05) is 49.1 Å². The quantitative estimate of drug-likeness (QED) is 0.469. The van der Waals surface area contributed by atoms with Crippen LogP contribution in [0.2, 0.25) is 5.02 Å². The summed E-state index contributed by atoms with van der Waals surface area (Å²) < 4.78 is 7.27. The first kappa shape index (κ1) is 23.9. The van der Waals surface area contributed by atoms with Crippen LogP contribution >= 0.6 is 11.6 Å². The van der Waals surface area contributed by atoms with Crippen LogP contribution in [0.15, 0.2) is 54.6 Å². The van der Waals surface area contributed by atoms with E-state index in [0.717, 1.165) is 30.0 Å². The normalized spacial score (nSPS) is 13.8. The van der Waals surface area contributed by atoms with Crippen LogP contribution in [0.5, 0.6) is 0 Å². The Bertz CT molecular complexity index is 1180. The van der Waals surface area contributed by atoms with Crippen molar-refractivity contribution in [1.29, 1.82) is 0 Å². The second-order valence-electron chi connectivity index (χ2n) is 8.49. The van der Waals surface area contributed by atoms with Crippen LogP contribution in [-0.2, 0) is 11.3 Å². The highest BCUT2D eigenvalue weighted by atomic mass is 35.5. The number of hydrogen-bond donors (Lipinski definition) is 0. The van der Waals surface area contributed by atoms with Crippen LogP contribution in [0.1, 0.15) is 44.6 Å². The first-order valence-electron chi connectivity index (χ1n) is 11.6. The lowest BCUT2D eigenvalue weighted by Gasteiger charge is -2.36. The van der Waals surface area contributed by atoms with E-state index in [4.69, 9.17) is 16.3 Å². The Hall–Kier alpha value is -3.25. The maximum Gasteiger partial charge on any atom is 0.355 e. The number of rotatable bonds is 6. The fourth-order valence-corrected chi connectivity index (χ4v) is 4.82. The Kier molecular flexibility index (Phi) is 7.27. The molecule has 1 aliphatic rings. The smallest absolute Gasteiger partial charge is 0.355 e. The van der Waals surface area contributed by atoms with Crippen molar-refractivity contribution in [2.45, 2.75) is 27.3 Å². The summed E-state index contributed by atoms with van der Waals surface area (Å²) in [4.78, 5) is 30.7.